The van der Waals surface area contributed by atoms with Crippen LogP contribution in [-0.4, -0.2) is 19.6 Å². The number of nitrogen functional groups attached to an aromatic ring is 1. The maximum absolute atomic E-state index is 6.10. The van der Waals surface area contributed by atoms with Crippen LogP contribution in [0.3, 0.4) is 0 Å². The molecule has 3 aromatic heterocycles. The average molecular weight is 301 g/mol. The van der Waals surface area contributed by atoms with E-state index in [-0.39, 0.29) is 0 Å². The Hall–Kier alpha value is -3.21. The molecular weight excluding hydrogens is 286 g/mol. The van der Waals surface area contributed by atoms with Gasteiger partial charge in [-0.2, -0.15) is 0 Å². The molecule has 0 radical (unpaired) electrons. The smallest absolute Gasteiger partial charge is 0.160 e. The third-order valence-corrected chi connectivity index (χ3v) is 3.78. The number of nitrogens with two attached hydrogens (primary N) is 1. The van der Waals surface area contributed by atoms with E-state index >= 15 is 0 Å². The van der Waals surface area contributed by atoms with Crippen molar-refractivity contribution in [3.05, 3.63) is 78.2 Å². The van der Waals surface area contributed by atoms with Gasteiger partial charge in [0.05, 0.1) is 5.69 Å². The van der Waals surface area contributed by atoms with Crippen LogP contribution in [-0.2, 0) is 6.42 Å². The minimum Gasteiger partial charge on any atom is -0.382 e. The number of nitrogens with zero attached hydrogens (tertiary/aromatic N) is 4. The van der Waals surface area contributed by atoms with E-state index in [0.29, 0.717) is 12.2 Å². The Labute approximate surface area is 133 Å². The maximum Gasteiger partial charge on any atom is 0.160 e. The fourth-order valence-electron chi connectivity index (χ4n) is 2.63. The molecule has 0 amide bonds. The number of hydrogen-bond donors (Lipinski definition) is 1. The van der Waals surface area contributed by atoms with Crippen LogP contribution in [0.2, 0.25) is 0 Å². The Morgan fingerprint density at radius 2 is 1.78 bits per heavy atom. The molecule has 1 aromatic carbocycles. The zero-order valence-electron chi connectivity index (χ0n) is 12.4. The average Bonchev–Trinajstić information content (AvgIpc) is 2.91. The molecule has 2 N–H and O–H groups in total. The van der Waals surface area contributed by atoms with Gasteiger partial charge in [0.25, 0.3) is 0 Å². The number of anilines is 1. The first-order chi connectivity index (χ1) is 11.3. The third-order valence-electron chi connectivity index (χ3n) is 3.78. The largest absolute Gasteiger partial charge is 0.382 e. The van der Waals surface area contributed by atoms with Crippen LogP contribution in [0.1, 0.15) is 11.1 Å². The fraction of sp³-hybridized carbons (Fsp3) is 0.0556. The standard InChI is InChI=1S/C18H15N5/c19-17-15(10-13-6-2-1-3-7-13)18-21-11-14(12-23(18)22-17)16-8-4-5-9-20-16/h1-9,11-12H,10H2,(H2,19,22). The van der Waals surface area contributed by atoms with Crippen molar-refractivity contribution in [2.75, 3.05) is 5.73 Å². The third kappa shape index (κ3) is 2.53. The highest BCUT2D eigenvalue weighted by molar-refractivity contribution is 5.64. The van der Waals surface area contributed by atoms with Crippen molar-refractivity contribution in [3.63, 3.8) is 0 Å². The van der Waals surface area contributed by atoms with Crippen molar-refractivity contribution in [1.29, 1.82) is 0 Å². The highest BCUT2D eigenvalue weighted by Crippen LogP contribution is 2.22. The molecule has 4 rings (SSSR count). The highest BCUT2D eigenvalue weighted by atomic mass is 15.3. The summed E-state index contributed by atoms with van der Waals surface area (Å²) in [5.74, 6) is 0.513. The van der Waals surface area contributed by atoms with Gasteiger partial charge in [0.2, 0.25) is 0 Å². The number of fused-ring (bicyclic) bond motifs is 1. The first-order valence-corrected chi connectivity index (χ1v) is 7.39. The maximum atomic E-state index is 6.10. The number of pyridine rings is 1. The Kier molecular flexibility index (Phi) is 3.24. The Balaban J connectivity index is 1.77. The quantitative estimate of drug-likeness (QED) is 0.631. The summed E-state index contributed by atoms with van der Waals surface area (Å²) >= 11 is 0. The number of hydrogen-bond acceptors (Lipinski definition) is 4. The molecule has 0 aliphatic heterocycles. The molecule has 0 saturated carbocycles. The van der Waals surface area contributed by atoms with Gasteiger partial charge in [-0.15, -0.1) is 5.10 Å². The Bertz CT molecular complexity index is 945. The molecule has 0 fully saturated rings. The van der Waals surface area contributed by atoms with Gasteiger partial charge in [0, 0.05) is 36.1 Å². The number of benzene rings is 1. The van der Waals surface area contributed by atoms with Gasteiger partial charge < -0.3 is 5.73 Å². The van der Waals surface area contributed by atoms with Crippen molar-refractivity contribution in [2.24, 2.45) is 0 Å². The summed E-state index contributed by atoms with van der Waals surface area (Å²) in [5, 5.41) is 4.40. The summed E-state index contributed by atoms with van der Waals surface area (Å²) in [7, 11) is 0. The summed E-state index contributed by atoms with van der Waals surface area (Å²) < 4.78 is 1.73. The van der Waals surface area contributed by atoms with Crippen LogP contribution in [0, 0.1) is 0 Å². The van der Waals surface area contributed by atoms with E-state index in [2.05, 4.69) is 27.2 Å². The molecule has 4 aromatic rings. The van der Waals surface area contributed by atoms with Crippen molar-refractivity contribution in [3.8, 4) is 11.3 Å². The van der Waals surface area contributed by atoms with Crippen molar-refractivity contribution in [2.45, 2.75) is 6.42 Å². The van der Waals surface area contributed by atoms with E-state index in [4.69, 9.17) is 5.73 Å². The molecule has 5 nitrogen and oxygen atoms in total. The molecule has 0 aliphatic rings. The van der Waals surface area contributed by atoms with E-state index in [9.17, 15) is 0 Å². The summed E-state index contributed by atoms with van der Waals surface area (Å²) in [6.07, 6.45) is 6.20. The molecule has 23 heavy (non-hydrogen) atoms. The van der Waals surface area contributed by atoms with E-state index < -0.39 is 0 Å². The molecule has 0 aliphatic carbocycles. The molecule has 0 spiro atoms. The lowest BCUT2D eigenvalue weighted by atomic mass is 10.1. The van der Waals surface area contributed by atoms with E-state index in [1.54, 1.807) is 10.7 Å². The first kappa shape index (κ1) is 13.5. The SMILES string of the molecule is Nc1nn2cc(-c3ccccn3)cnc2c1Cc1ccccc1. The summed E-state index contributed by atoms with van der Waals surface area (Å²) in [6.45, 7) is 0. The second-order valence-corrected chi connectivity index (χ2v) is 5.35. The van der Waals surface area contributed by atoms with E-state index in [1.807, 2.05) is 48.8 Å². The predicted molar refractivity (Wildman–Crippen MR) is 89.9 cm³/mol. The second-order valence-electron chi connectivity index (χ2n) is 5.35. The molecule has 112 valence electrons. The van der Waals surface area contributed by atoms with Crippen LogP contribution in [0.4, 0.5) is 5.82 Å². The molecule has 0 atom stereocenters. The predicted octanol–water partition coefficient (Wildman–Crippen LogP) is 2.96. The zero-order valence-corrected chi connectivity index (χ0v) is 12.4. The molecule has 0 saturated heterocycles. The van der Waals surface area contributed by atoms with Crippen LogP contribution in [0.15, 0.2) is 67.1 Å². The van der Waals surface area contributed by atoms with Gasteiger partial charge in [-0.25, -0.2) is 9.50 Å². The molecule has 0 bridgehead atoms. The summed E-state index contributed by atoms with van der Waals surface area (Å²) in [6, 6.07) is 16.0. The highest BCUT2D eigenvalue weighted by Gasteiger charge is 2.13. The Morgan fingerprint density at radius 1 is 0.957 bits per heavy atom. The lowest BCUT2D eigenvalue weighted by molar-refractivity contribution is 0.945. The van der Waals surface area contributed by atoms with Gasteiger partial charge in [0.1, 0.15) is 0 Å². The van der Waals surface area contributed by atoms with E-state index in [1.165, 1.54) is 5.56 Å². The normalized spacial score (nSPS) is 11.0. The fourth-order valence-corrected chi connectivity index (χ4v) is 2.63. The van der Waals surface area contributed by atoms with Crippen molar-refractivity contribution in [1.82, 2.24) is 19.6 Å². The van der Waals surface area contributed by atoms with Gasteiger partial charge in [0.15, 0.2) is 11.5 Å². The molecule has 0 unspecified atom stereocenters. The van der Waals surface area contributed by atoms with Crippen LogP contribution in [0.25, 0.3) is 16.9 Å². The lowest BCUT2D eigenvalue weighted by Gasteiger charge is -2.02. The molecule has 5 heteroatoms. The van der Waals surface area contributed by atoms with Gasteiger partial charge >= 0.3 is 0 Å². The minimum atomic E-state index is 0.513. The van der Waals surface area contributed by atoms with Crippen molar-refractivity contribution >= 4 is 11.5 Å². The lowest BCUT2D eigenvalue weighted by Crippen LogP contribution is -1.95. The minimum absolute atomic E-state index is 0.513. The second kappa shape index (κ2) is 5.53. The number of rotatable bonds is 3. The van der Waals surface area contributed by atoms with E-state index in [0.717, 1.165) is 22.5 Å². The molecule has 3 heterocycles. The van der Waals surface area contributed by atoms with Crippen molar-refractivity contribution < 1.29 is 0 Å². The van der Waals surface area contributed by atoms with Gasteiger partial charge in [-0.1, -0.05) is 36.4 Å². The summed E-state index contributed by atoms with van der Waals surface area (Å²) in [4.78, 5) is 8.90. The Morgan fingerprint density at radius 3 is 2.57 bits per heavy atom. The van der Waals surface area contributed by atoms with Gasteiger partial charge in [-0.3, -0.25) is 4.98 Å². The first-order valence-electron chi connectivity index (χ1n) is 7.39. The summed E-state index contributed by atoms with van der Waals surface area (Å²) in [5.41, 5.74) is 10.8. The van der Waals surface area contributed by atoms with Crippen LogP contribution < -0.4 is 5.73 Å². The zero-order chi connectivity index (χ0) is 15.6. The van der Waals surface area contributed by atoms with Crippen LogP contribution >= 0.6 is 0 Å². The number of aromatic nitrogens is 4. The van der Waals surface area contributed by atoms with Gasteiger partial charge in [-0.05, 0) is 17.7 Å². The topological polar surface area (TPSA) is 69.1 Å². The molecular formula is C18H15N5. The monoisotopic (exact) mass is 301 g/mol. The van der Waals surface area contributed by atoms with Crippen LogP contribution in [0.5, 0.6) is 0 Å².